The minimum absolute atomic E-state index is 0.00101. The van der Waals surface area contributed by atoms with E-state index in [0.29, 0.717) is 35.7 Å². The highest BCUT2D eigenvalue weighted by atomic mass is 35.5. The second-order valence-electron chi connectivity index (χ2n) is 6.66. The molecule has 1 atom stereocenters. The normalized spacial score (nSPS) is 18.3. The summed E-state index contributed by atoms with van der Waals surface area (Å²) in [7, 11) is 0. The Balaban J connectivity index is 2.19. The Morgan fingerprint density at radius 1 is 1.14 bits per heavy atom. The number of phenols is 1. The lowest BCUT2D eigenvalue weighted by Gasteiger charge is -2.25. The van der Waals surface area contributed by atoms with Crippen LogP contribution in [0, 0.1) is 0 Å². The molecule has 0 aromatic heterocycles. The molecular formula is C22H22ClNO5. The van der Waals surface area contributed by atoms with Crippen LogP contribution in [0.3, 0.4) is 0 Å². The Morgan fingerprint density at radius 3 is 2.45 bits per heavy atom. The largest absolute Gasteiger partial charge is 0.507 e. The number of aromatic hydroxyl groups is 1. The fourth-order valence-corrected chi connectivity index (χ4v) is 3.56. The molecule has 1 aliphatic heterocycles. The number of benzene rings is 2. The molecule has 2 aromatic carbocycles. The molecule has 1 fully saturated rings. The molecule has 7 heteroatoms. The average molecular weight is 416 g/mol. The van der Waals surface area contributed by atoms with E-state index in [9.17, 15) is 19.8 Å². The number of aliphatic hydroxyl groups excluding tert-OH is 1. The Kier molecular flexibility index (Phi) is 6.13. The van der Waals surface area contributed by atoms with Gasteiger partial charge in [-0.1, -0.05) is 24.6 Å². The van der Waals surface area contributed by atoms with Gasteiger partial charge in [0.25, 0.3) is 11.7 Å². The lowest BCUT2D eigenvalue weighted by Crippen LogP contribution is -2.30. The van der Waals surface area contributed by atoms with Gasteiger partial charge in [0, 0.05) is 17.1 Å². The Bertz CT molecular complexity index is 968. The maximum Gasteiger partial charge on any atom is 0.295 e. The standard InChI is InChI=1S/C22H22ClNO5/c1-3-11-24-19(14-7-10-16(25)17(12-14)29-4-2)18(21(27)22(24)28)20(26)13-5-8-15(23)9-6-13/h5-10,12,19,25-26H,3-4,11H2,1-2H3/b20-18-. The molecule has 1 aliphatic rings. The predicted octanol–water partition coefficient (Wildman–Crippen LogP) is 4.28. The summed E-state index contributed by atoms with van der Waals surface area (Å²) in [6.07, 6.45) is 0.640. The number of nitrogens with zero attached hydrogens (tertiary/aromatic N) is 1. The number of carbonyl (C=O) groups excluding carboxylic acids is 2. The Hall–Kier alpha value is -2.99. The van der Waals surface area contributed by atoms with Gasteiger partial charge in [0.1, 0.15) is 5.76 Å². The fourth-order valence-electron chi connectivity index (χ4n) is 3.43. The zero-order valence-electron chi connectivity index (χ0n) is 16.2. The first-order valence-electron chi connectivity index (χ1n) is 9.39. The van der Waals surface area contributed by atoms with Gasteiger partial charge in [-0.2, -0.15) is 0 Å². The van der Waals surface area contributed by atoms with Crippen molar-refractivity contribution >= 4 is 29.1 Å². The summed E-state index contributed by atoms with van der Waals surface area (Å²) in [5, 5.41) is 21.4. The smallest absolute Gasteiger partial charge is 0.295 e. The van der Waals surface area contributed by atoms with Crippen molar-refractivity contribution in [1.82, 2.24) is 4.90 Å². The SMILES string of the molecule is CCCN1C(=O)C(=O)/C(=C(\O)c2ccc(Cl)cc2)C1c1ccc(O)c(OCC)c1. The highest BCUT2D eigenvalue weighted by molar-refractivity contribution is 6.46. The second kappa shape index (κ2) is 8.57. The van der Waals surface area contributed by atoms with Gasteiger partial charge >= 0.3 is 0 Å². The van der Waals surface area contributed by atoms with Crippen LogP contribution in [0.15, 0.2) is 48.0 Å². The van der Waals surface area contributed by atoms with Gasteiger partial charge in [0.05, 0.1) is 18.2 Å². The number of amides is 1. The van der Waals surface area contributed by atoms with Crippen molar-refractivity contribution in [2.24, 2.45) is 0 Å². The third-order valence-electron chi connectivity index (χ3n) is 4.72. The molecule has 6 nitrogen and oxygen atoms in total. The van der Waals surface area contributed by atoms with Crippen molar-refractivity contribution in [3.8, 4) is 11.5 Å². The van der Waals surface area contributed by atoms with Crippen LogP contribution in [0.4, 0.5) is 0 Å². The number of ketones is 1. The van der Waals surface area contributed by atoms with Crippen LogP contribution in [-0.4, -0.2) is 40.0 Å². The summed E-state index contributed by atoms with van der Waals surface area (Å²) in [6, 6.07) is 10.2. The molecule has 0 radical (unpaired) electrons. The summed E-state index contributed by atoms with van der Waals surface area (Å²) in [6.45, 7) is 4.38. The van der Waals surface area contributed by atoms with E-state index in [1.54, 1.807) is 43.3 Å². The third kappa shape index (κ3) is 3.93. The van der Waals surface area contributed by atoms with Crippen LogP contribution in [0.5, 0.6) is 11.5 Å². The first-order valence-corrected chi connectivity index (χ1v) is 9.76. The molecule has 0 spiro atoms. The van der Waals surface area contributed by atoms with Gasteiger partial charge in [-0.3, -0.25) is 9.59 Å². The van der Waals surface area contributed by atoms with Crippen LogP contribution in [-0.2, 0) is 9.59 Å². The molecule has 1 heterocycles. The summed E-state index contributed by atoms with van der Waals surface area (Å²) < 4.78 is 5.45. The summed E-state index contributed by atoms with van der Waals surface area (Å²) in [4.78, 5) is 26.9. The van der Waals surface area contributed by atoms with Crippen LogP contribution in [0.1, 0.15) is 37.4 Å². The van der Waals surface area contributed by atoms with Crippen molar-refractivity contribution in [2.45, 2.75) is 26.3 Å². The van der Waals surface area contributed by atoms with Crippen molar-refractivity contribution < 1.29 is 24.5 Å². The minimum Gasteiger partial charge on any atom is -0.507 e. The number of ether oxygens (including phenoxy) is 1. The molecule has 2 aromatic rings. The maximum atomic E-state index is 12.8. The average Bonchev–Trinajstić information content (AvgIpc) is 2.95. The van der Waals surface area contributed by atoms with E-state index in [0.717, 1.165) is 0 Å². The molecule has 0 aliphatic carbocycles. The monoisotopic (exact) mass is 415 g/mol. The number of rotatable bonds is 6. The number of hydrogen-bond donors (Lipinski definition) is 2. The van der Waals surface area contributed by atoms with Gasteiger partial charge in [0.2, 0.25) is 0 Å². The molecule has 1 amide bonds. The van der Waals surface area contributed by atoms with E-state index in [1.165, 1.54) is 11.0 Å². The molecule has 2 N–H and O–H groups in total. The minimum atomic E-state index is -0.787. The number of halogens is 1. The van der Waals surface area contributed by atoms with Gasteiger partial charge in [-0.25, -0.2) is 0 Å². The Morgan fingerprint density at radius 2 is 1.83 bits per heavy atom. The number of phenolic OH excluding ortho intramolecular Hbond substituents is 1. The Labute approximate surface area is 174 Å². The van der Waals surface area contributed by atoms with Crippen molar-refractivity contribution in [2.75, 3.05) is 13.2 Å². The fraction of sp³-hybridized carbons (Fsp3) is 0.273. The topological polar surface area (TPSA) is 87.1 Å². The number of hydrogen-bond acceptors (Lipinski definition) is 5. The molecule has 0 bridgehead atoms. The van der Waals surface area contributed by atoms with Crippen LogP contribution >= 0.6 is 11.6 Å². The predicted molar refractivity (Wildman–Crippen MR) is 110 cm³/mol. The van der Waals surface area contributed by atoms with Gasteiger partial charge in [0.15, 0.2) is 11.5 Å². The van der Waals surface area contributed by atoms with Crippen molar-refractivity contribution in [3.05, 3.63) is 64.2 Å². The first kappa shape index (κ1) is 20.7. The molecule has 152 valence electrons. The van der Waals surface area contributed by atoms with Crippen molar-refractivity contribution in [3.63, 3.8) is 0 Å². The van der Waals surface area contributed by atoms with E-state index >= 15 is 0 Å². The highest BCUT2D eigenvalue weighted by Crippen LogP contribution is 2.41. The number of Topliss-reactive ketones (excluding diaryl/α,β-unsaturated/α-hetero) is 1. The summed E-state index contributed by atoms with van der Waals surface area (Å²) in [5.74, 6) is -1.48. The lowest BCUT2D eigenvalue weighted by molar-refractivity contribution is -0.139. The van der Waals surface area contributed by atoms with Crippen molar-refractivity contribution in [1.29, 1.82) is 0 Å². The number of likely N-dealkylation sites (tertiary alicyclic amines) is 1. The molecule has 1 unspecified atom stereocenters. The molecule has 29 heavy (non-hydrogen) atoms. The molecule has 3 rings (SSSR count). The van der Waals surface area contributed by atoms with E-state index in [1.807, 2.05) is 6.92 Å². The quantitative estimate of drug-likeness (QED) is 0.418. The van der Waals surface area contributed by atoms with Gasteiger partial charge < -0.3 is 19.8 Å². The number of carbonyl (C=O) groups is 2. The van der Waals surface area contributed by atoms with E-state index in [4.69, 9.17) is 16.3 Å². The van der Waals surface area contributed by atoms with Gasteiger partial charge in [-0.05, 0) is 55.3 Å². The third-order valence-corrected chi connectivity index (χ3v) is 4.97. The lowest BCUT2D eigenvalue weighted by atomic mass is 9.95. The van der Waals surface area contributed by atoms with Gasteiger partial charge in [-0.15, -0.1) is 0 Å². The maximum absolute atomic E-state index is 12.8. The zero-order valence-corrected chi connectivity index (χ0v) is 16.9. The molecular weight excluding hydrogens is 394 g/mol. The van der Waals surface area contributed by atoms with E-state index < -0.39 is 17.7 Å². The van der Waals surface area contributed by atoms with Crippen LogP contribution < -0.4 is 4.74 Å². The summed E-state index contributed by atoms with van der Waals surface area (Å²) in [5.41, 5.74) is 0.950. The second-order valence-corrected chi connectivity index (χ2v) is 7.10. The first-order chi connectivity index (χ1) is 13.9. The van der Waals surface area contributed by atoms with Crippen LogP contribution in [0.2, 0.25) is 5.02 Å². The van der Waals surface area contributed by atoms with Crippen LogP contribution in [0.25, 0.3) is 5.76 Å². The number of aliphatic hydroxyl groups is 1. The van der Waals surface area contributed by atoms with E-state index in [-0.39, 0.29) is 22.8 Å². The highest BCUT2D eigenvalue weighted by Gasteiger charge is 2.45. The molecule has 1 saturated heterocycles. The zero-order chi connectivity index (χ0) is 21.1. The summed E-state index contributed by atoms with van der Waals surface area (Å²) >= 11 is 5.91. The molecule has 0 saturated carbocycles. The van der Waals surface area contributed by atoms with E-state index in [2.05, 4.69) is 0 Å².